The van der Waals surface area contributed by atoms with Crippen molar-refractivity contribution in [2.75, 3.05) is 0 Å². The summed E-state index contributed by atoms with van der Waals surface area (Å²) in [6.45, 7) is 0. The minimum absolute atomic E-state index is 0.471. The van der Waals surface area contributed by atoms with E-state index in [0.29, 0.717) is 5.82 Å². The Hall–Kier alpha value is -7.75. The molecule has 0 spiro atoms. The minimum atomic E-state index is -0.471. The second-order valence-corrected chi connectivity index (χ2v) is 15.1. The van der Waals surface area contributed by atoms with Gasteiger partial charge in [0.05, 0.1) is 16.8 Å². The van der Waals surface area contributed by atoms with Gasteiger partial charge in [-0.2, -0.15) is 0 Å². The molecule has 11 rings (SSSR count). The molecule has 3 heteroatoms. The summed E-state index contributed by atoms with van der Waals surface area (Å²) >= 11 is 0. The van der Waals surface area contributed by atoms with Crippen molar-refractivity contribution in [3.63, 3.8) is 0 Å². The van der Waals surface area contributed by atoms with Crippen LogP contribution in [0.15, 0.2) is 225 Å². The van der Waals surface area contributed by atoms with Gasteiger partial charge in [-0.3, -0.25) is 4.98 Å². The zero-order valence-corrected chi connectivity index (χ0v) is 32.2. The van der Waals surface area contributed by atoms with Gasteiger partial charge in [0.15, 0.2) is 5.82 Å². The molecule has 0 atom stereocenters. The van der Waals surface area contributed by atoms with Gasteiger partial charge in [0.1, 0.15) is 0 Å². The second kappa shape index (κ2) is 14.3. The van der Waals surface area contributed by atoms with E-state index in [9.17, 15) is 0 Å². The van der Waals surface area contributed by atoms with E-state index in [1.165, 1.54) is 49.9 Å². The summed E-state index contributed by atoms with van der Waals surface area (Å²) in [5, 5.41) is 2.31. The number of hydrogen-bond acceptors (Lipinski definition) is 3. The molecule has 0 unspecified atom stereocenters. The number of nitrogens with zero attached hydrogens (tertiary/aromatic N) is 3. The highest BCUT2D eigenvalue weighted by Crippen LogP contribution is 2.57. The molecule has 1 aliphatic rings. The summed E-state index contributed by atoms with van der Waals surface area (Å²) in [4.78, 5) is 14.7. The van der Waals surface area contributed by atoms with Crippen LogP contribution in [0.1, 0.15) is 22.3 Å². The highest BCUT2D eigenvalue weighted by Gasteiger charge is 2.46. The van der Waals surface area contributed by atoms with E-state index in [-0.39, 0.29) is 0 Å². The Morgan fingerprint density at radius 3 is 1.58 bits per heavy atom. The monoisotopic (exact) mass is 751 g/mol. The normalized spacial score (nSPS) is 12.5. The van der Waals surface area contributed by atoms with Crippen LogP contribution in [-0.4, -0.2) is 15.0 Å². The highest BCUT2D eigenvalue weighted by atomic mass is 14.9. The van der Waals surface area contributed by atoms with Crippen LogP contribution in [0.3, 0.4) is 0 Å². The predicted octanol–water partition coefficient (Wildman–Crippen LogP) is 13.7. The Kier molecular flexibility index (Phi) is 8.37. The Balaban J connectivity index is 1.08. The van der Waals surface area contributed by atoms with Crippen LogP contribution >= 0.6 is 0 Å². The summed E-state index contributed by atoms with van der Waals surface area (Å²) in [5.41, 5.74) is 16.6. The highest BCUT2D eigenvalue weighted by molar-refractivity contribution is 6.05. The van der Waals surface area contributed by atoms with Crippen LogP contribution in [0, 0.1) is 0 Å². The molecule has 8 aromatic carbocycles. The standard InChI is InChI=1S/C56H37N3/c1-4-15-40(16-5-1)55-58-53(39-28-26-38(27-29-39)42-17-14-34-57-37-42)36-54(59-55)50-33-32-45(46-22-10-11-23-47(46)50)41-30-31-49-48-24-12-13-25-51(48)56(52(49)35-41,43-18-6-2-7-19-43)44-20-8-3-9-21-44/h1-37H. The molecule has 0 amide bonds. The number of hydrogen-bond donors (Lipinski definition) is 0. The van der Waals surface area contributed by atoms with Crippen LogP contribution in [0.2, 0.25) is 0 Å². The van der Waals surface area contributed by atoms with Crippen molar-refractivity contribution in [3.8, 4) is 67.3 Å². The van der Waals surface area contributed by atoms with Crippen molar-refractivity contribution in [2.45, 2.75) is 5.41 Å². The molecule has 0 fully saturated rings. The molecule has 3 nitrogen and oxygen atoms in total. The van der Waals surface area contributed by atoms with Gasteiger partial charge in [-0.05, 0) is 84.6 Å². The van der Waals surface area contributed by atoms with Crippen molar-refractivity contribution < 1.29 is 0 Å². The number of aromatic nitrogens is 3. The lowest BCUT2D eigenvalue weighted by Crippen LogP contribution is -2.28. The number of pyridine rings is 1. The summed E-state index contributed by atoms with van der Waals surface area (Å²) in [6.07, 6.45) is 3.69. The molecular weight excluding hydrogens is 715 g/mol. The summed E-state index contributed by atoms with van der Waals surface area (Å²) < 4.78 is 0. The summed E-state index contributed by atoms with van der Waals surface area (Å²) in [5.74, 6) is 0.693. The van der Waals surface area contributed by atoms with Gasteiger partial charge in [0.2, 0.25) is 0 Å². The first-order valence-electron chi connectivity index (χ1n) is 20.1. The summed E-state index contributed by atoms with van der Waals surface area (Å²) in [6, 6.07) is 76.3. The SMILES string of the molecule is c1ccc(-c2nc(-c3ccc(-c4cccnc4)cc3)cc(-c3ccc(-c4ccc5c(c4)C(c4ccccc4)(c4ccccc4)c4ccccc4-5)c4ccccc34)n2)cc1. The maximum Gasteiger partial charge on any atom is 0.160 e. The first kappa shape index (κ1) is 34.5. The minimum Gasteiger partial charge on any atom is -0.264 e. The number of rotatable bonds is 7. The number of benzene rings is 8. The molecule has 0 radical (unpaired) electrons. The first-order valence-corrected chi connectivity index (χ1v) is 20.1. The molecule has 0 aliphatic heterocycles. The van der Waals surface area contributed by atoms with Crippen molar-refractivity contribution in [1.82, 2.24) is 15.0 Å². The van der Waals surface area contributed by atoms with Crippen LogP contribution < -0.4 is 0 Å². The predicted molar refractivity (Wildman–Crippen MR) is 242 cm³/mol. The molecule has 0 saturated heterocycles. The third-order valence-corrected chi connectivity index (χ3v) is 11.9. The second-order valence-electron chi connectivity index (χ2n) is 15.1. The van der Waals surface area contributed by atoms with Gasteiger partial charge in [-0.1, -0.05) is 194 Å². The fraction of sp³-hybridized carbons (Fsp3) is 0.0179. The molecule has 0 bridgehead atoms. The molecule has 2 aromatic heterocycles. The molecule has 0 N–H and O–H groups in total. The quantitative estimate of drug-likeness (QED) is 0.163. The Bertz CT molecular complexity index is 3080. The van der Waals surface area contributed by atoms with Crippen molar-refractivity contribution >= 4 is 10.8 Å². The van der Waals surface area contributed by atoms with Gasteiger partial charge >= 0.3 is 0 Å². The Morgan fingerprint density at radius 1 is 0.322 bits per heavy atom. The molecule has 276 valence electrons. The van der Waals surface area contributed by atoms with Gasteiger partial charge in [-0.15, -0.1) is 0 Å². The van der Waals surface area contributed by atoms with E-state index >= 15 is 0 Å². The average Bonchev–Trinajstić information content (AvgIpc) is 3.62. The van der Waals surface area contributed by atoms with Crippen LogP contribution in [0.25, 0.3) is 78.1 Å². The van der Waals surface area contributed by atoms with Gasteiger partial charge in [0.25, 0.3) is 0 Å². The van der Waals surface area contributed by atoms with E-state index in [1.807, 2.05) is 30.5 Å². The zero-order valence-electron chi connectivity index (χ0n) is 32.2. The molecule has 0 saturated carbocycles. The van der Waals surface area contributed by atoms with Crippen molar-refractivity contribution in [1.29, 1.82) is 0 Å². The molecule has 2 heterocycles. The Morgan fingerprint density at radius 2 is 0.864 bits per heavy atom. The van der Waals surface area contributed by atoms with Crippen molar-refractivity contribution in [3.05, 3.63) is 247 Å². The molecular formula is C56H37N3. The van der Waals surface area contributed by atoms with E-state index < -0.39 is 5.41 Å². The van der Waals surface area contributed by atoms with E-state index in [0.717, 1.165) is 44.6 Å². The van der Waals surface area contributed by atoms with Crippen LogP contribution in [0.5, 0.6) is 0 Å². The van der Waals surface area contributed by atoms with Gasteiger partial charge < -0.3 is 0 Å². The topological polar surface area (TPSA) is 38.7 Å². The summed E-state index contributed by atoms with van der Waals surface area (Å²) in [7, 11) is 0. The Labute approximate surface area is 344 Å². The fourth-order valence-electron chi connectivity index (χ4n) is 9.20. The van der Waals surface area contributed by atoms with E-state index in [1.54, 1.807) is 6.20 Å². The lowest BCUT2D eigenvalue weighted by atomic mass is 9.67. The van der Waals surface area contributed by atoms with Gasteiger partial charge in [-0.25, -0.2) is 9.97 Å². The maximum atomic E-state index is 5.25. The molecule has 1 aliphatic carbocycles. The fourth-order valence-corrected chi connectivity index (χ4v) is 9.20. The van der Waals surface area contributed by atoms with Crippen LogP contribution in [-0.2, 0) is 5.41 Å². The third-order valence-electron chi connectivity index (χ3n) is 11.9. The zero-order chi connectivity index (χ0) is 39.2. The third kappa shape index (κ3) is 5.78. The maximum absolute atomic E-state index is 5.25. The first-order chi connectivity index (χ1) is 29.3. The number of fused-ring (bicyclic) bond motifs is 4. The average molecular weight is 752 g/mol. The largest absolute Gasteiger partial charge is 0.264 e. The van der Waals surface area contributed by atoms with Crippen LogP contribution in [0.4, 0.5) is 0 Å². The molecule has 10 aromatic rings. The molecule has 59 heavy (non-hydrogen) atoms. The smallest absolute Gasteiger partial charge is 0.160 e. The van der Waals surface area contributed by atoms with Gasteiger partial charge in [0, 0.05) is 29.1 Å². The van der Waals surface area contributed by atoms with E-state index in [4.69, 9.17) is 9.97 Å². The lowest BCUT2D eigenvalue weighted by molar-refractivity contribution is 0.769. The van der Waals surface area contributed by atoms with Crippen molar-refractivity contribution in [2.24, 2.45) is 0 Å². The lowest BCUT2D eigenvalue weighted by Gasteiger charge is -2.34. The van der Waals surface area contributed by atoms with E-state index in [2.05, 4.69) is 193 Å².